The molecule has 9 nitrogen and oxygen atoms in total. The first-order valence-corrected chi connectivity index (χ1v) is 10.0. The highest BCUT2D eigenvalue weighted by atomic mass is 32.2. The van der Waals surface area contributed by atoms with Crippen molar-refractivity contribution in [2.45, 2.75) is 57.0 Å². The normalized spacial score (nSPS) is 13.1. The molecule has 0 aromatic heterocycles. The molecule has 0 aliphatic heterocycles. The van der Waals surface area contributed by atoms with Crippen LogP contribution >= 0.6 is 0 Å². The highest BCUT2D eigenvalue weighted by Gasteiger charge is 2.39. The van der Waals surface area contributed by atoms with E-state index in [4.69, 9.17) is 4.74 Å². The molecule has 0 spiro atoms. The van der Waals surface area contributed by atoms with Crippen molar-refractivity contribution in [1.29, 1.82) is 0 Å². The fourth-order valence-electron chi connectivity index (χ4n) is 2.06. The molecule has 1 aromatic rings. The number of esters is 2. The van der Waals surface area contributed by atoms with Gasteiger partial charge in [0.25, 0.3) is 0 Å². The summed E-state index contributed by atoms with van der Waals surface area (Å²) in [5.74, 6) is -2.32. The van der Waals surface area contributed by atoms with Crippen molar-refractivity contribution in [3.05, 3.63) is 29.3 Å². The Morgan fingerprint density at radius 3 is 1.80 bits per heavy atom. The zero-order chi connectivity index (χ0) is 23.5. The minimum absolute atomic E-state index is 0.0332. The fourth-order valence-corrected chi connectivity index (χ4v) is 2.26. The van der Waals surface area contributed by atoms with Crippen molar-refractivity contribution in [2.24, 2.45) is 0 Å². The topological polar surface area (TPSA) is 150 Å². The lowest BCUT2D eigenvalue weighted by Gasteiger charge is -2.24. The first-order valence-electron chi connectivity index (χ1n) is 8.63. The standard InChI is InChI=1S/C18H24F2O9S/c1-16(2,23)11-7-12(17(3,4)24)9-13(8-11)29-15(22)6-5-14(21)28-10-18(19,20)30(25,26)27/h7-9,23-24H,5-6,10H2,1-4H3,(H,25,26,27)/p-1. The number of carbonyl (C=O) groups excluding carboxylic acids is 2. The van der Waals surface area contributed by atoms with Crippen LogP contribution in [0.5, 0.6) is 5.75 Å². The summed E-state index contributed by atoms with van der Waals surface area (Å²) in [5.41, 5.74) is -1.96. The van der Waals surface area contributed by atoms with Gasteiger partial charge in [-0.05, 0) is 57.0 Å². The SMILES string of the molecule is CC(C)(O)c1cc(OC(=O)CCC(=O)OCC(F)(F)S(=O)(=O)[O-])cc(C(C)(C)O)c1. The summed E-state index contributed by atoms with van der Waals surface area (Å²) >= 11 is 0. The molecule has 1 aromatic carbocycles. The highest BCUT2D eigenvalue weighted by molar-refractivity contribution is 7.86. The van der Waals surface area contributed by atoms with Crippen LogP contribution in [0.1, 0.15) is 51.7 Å². The fraction of sp³-hybridized carbons (Fsp3) is 0.556. The van der Waals surface area contributed by atoms with Crippen LogP contribution in [0.25, 0.3) is 0 Å². The van der Waals surface area contributed by atoms with E-state index in [0.29, 0.717) is 11.1 Å². The monoisotopic (exact) mass is 453 g/mol. The molecule has 0 saturated carbocycles. The minimum atomic E-state index is -6.00. The van der Waals surface area contributed by atoms with Crippen molar-refractivity contribution in [3.8, 4) is 5.75 Å². The van der Waals surface area contributed by atoms with Crippen LogP contribution in [-0.4, -0.2) is 47.0 Å². The molecule has 2 N–H and O–H groups in total. The van der Waals surface area contributed by atoms with Crippen LogP contribution in [0, 0.1) is 0 Å². The second-order valence-corrected chi connectivity index (χ2v) is 9.10. The van der Waals surface area contributed by atoms with E-state index in [1.165, 1.54) is 45.9 Å². The van der Waals surface area contributed by atoms with E-state index in [1.807, 2.05) is 0 Å². The lowest BCUT2D eigenvalue weighted by atomic mass is 9.90. The molecule has 0 radical (unpaired) electrons. The Kier molecular flexibility index (Phi) is 7.70. The van der Waals surface area contributed by atoms with E-state index in [-0.39, 0.29) is 5.75 Å². The van der Waals surface area contributed by atoms with Crippen molar-refractivity contribution in [2.75, 3.05) is 6.61 Å². The number of benzene rings is 1. The first kappa shape index (κ1) is 25.9. The van der Waals surface area contributed by atoms with Crippen LogP contribution in [0.4, 0.5) is 8.78 Å². The van der Waals surface area contributed by atoms with E-state index in [2.05, 4.69) is 4.74 Å². The molecule has 0 bridgehead atoms. The van der Waals surface area contributed by atoms with E-state index < -0.39 is 58.0 Å². The summed E-state index contributed by atoms with van der Waals surface area (Å²) in [7, 11) is -6.00. The van der Waals surface area contributed by atoms with Crippen molar-refractivity contribution in [1.82, 2.24) is 0 Å². The molecule has 170 valence electrons. The van der Waals surface area contributed by atoms with Gasteiger partial charge in [0.15, 0.2) is 16.7 Å². The van der Waals surface area contributed by atoms with E-state index in [0.717, 1.165) is 0 Å². The van der Waals surface area contributed by atoms with E-state index in [9.17, 15) is 41.6 Å². The smallest absolute Gasteiger partial charge is 0.367 e. The maximum atomic E-state index is 12.9. The molecule has 0 saturated heterocycles. The van der Waals surface area contributed by atoms with Gasteiger partial charge in [-0.3, -0.25) is 9.59 Å². The number of rotatable bonds is 9. The first-order chi connectivity index (χ1) is 13.3. The predicted molar refractivity (Wildman–Crippen MR) is 97.4 cm³/mol. The van der Waals surface area contributed by atoms with Gasteiger partial charge in [-0.25, -0.2) is 8.42 Å². The van der Waals surface area contributed by atoms with Crippen molar-refractivity contribution < 1.29 is 51.0 Å². The van der Waals surface area contributed by atoms with Gasteiger partial charge in [0.05, 0.1) is 24.0 Å². The lowest BCUT2D eigenvalue weighted by Crippen LogP contribution is -2.34. The zero-order valence-corrected chi connectivity index (χ0v) is 17.6. The Morgan fingerprint density at radius 1 is 0.967 bits per heavy atom. The number of hydrogen-bond acceptors (Lipinski definition) is 9. The van der Waals surface area contributed by atoms with Gasteiger partial charge >= 0.3 is 17.2 Å². The number of ether oxygens (including phenoxy) is 2. The Morgan fingerprint density at radius 2 is 1.40 bits per heavy atom. The van der Waals surface area contributed by atoms with Crippen molar-refractivity contribution in [3.63, 3.8) is 0 Å². The second-order valence-electron chi connectivity index (χ2n) is 7.59. The molecule has 12 heteroatoms. The maximum Gasteiger partial charge on any atom is 0.367 e. The van der Waals surface area contributed by atoms with Gasteiger partial charge in [0.1, 0.15) is 5.75 Å². The van der Waals surface area contributed by atoms with Crippen LogP contribution in [0.2, 0.25) is 0 Å². The van der Waals surface area contributed by atoms with Gasteiger partial charge < -0.3 is 24.2 Å². The van der Waals surface area contributed by atoms with Gasteiger partial charge in [-0.15, -0.1) is 0 Å². The summed E-state index contributed by atoms with van der Waals surface area (Å²) in [4.78, 5) is 23.4. The maximum absolute atomic E-state index is 12.9. The largest absolute Gasteiger partial charge is 0.743 e. The zero-order valence-electron chi connectivity index (χ0n) is 16.8. The third-order valence-corrected chi connectivity index (χ3v) is 4.70. The number of hydrogen-bond donors (Lipinski definition) is 2. The number of aliphatic hydroxyl groups is 2. The average molecular weight is 453 g/mol. The van der Waals surface area contributed by atoms with E-state index in [1.54, 1.807) is 0 Å². The molecule has 0 aliphatic rings. The number of halogens is 2. The van der Waals surface area contributed by atoms with Gasteiger partial charge in [0, 0.05) is 0 Å². The summed E-state index contributed by atoms with van der Waals surface area (Å²) in [6, 6.07) is 4.23. The molecule has 0 unspecified atom stereocenters. The minimum Gasteiger partial charge on any atom is -0.743 e. The predicted octanol–water partition coefficient (Wildman–Crippen LogP) is 1.51. The Hall–Kier alpha value is -2.15. The van der Waals surface area contributed by atoms with Crippen LogP contribution in [0.3, 0.4) is 0 Å². The Balaban J connectivity index is 2.78. The molecule has 0 fully saturated rings. The molecule has 1 rings (SSSR count). The van der Waals surface area contributed by atoms with Crippen LogP contribution in [-0.2, 0) is 35.6 Å². The van der Waals surface area contributed by atoms with Gasteiger partial charge in [-0.2, -0.15) is 8.78 Å². The van der Waals surface area contributed by atoms with Crippen molar-refractivity contribution >= 4 is 22.1 Å². The molecule has 30 heavy (non-hydrogen) atoms. The summed E-state index contributed by atoms with van der Waals surface area (Å²) in [6.45, 7) is 3.97. The molecule has 0 aliphatic carbocycles. The highest BCUT2D eigenvalue weighted by Crippen LogP contribution is 2.31. The summed E-state index contributed by atoms with van der Waals surface area (Å²) < 4.78 is 65.9. The number of alkyl halides is 2. The molecule has 0 heterocycles. The van der Waals surface area contributed by atoms with Gasteiger partial charge in [-0.1, -0.05) is 0 Å². The van der Waals surface area contributed by atoms with Crippen LogP contribution in [0.15, 0.2) is 18.2 Å². The Bertz CT molecular complexity index is 865. The lowest BCUT2D eigenvalue weighted by molar-refractivity contribution is -0.151. The molecular weight excluding hydrogens is 430 g/mol. The average Bonchev–Trinajstić information content (AvgIpc) is 2.55. The summed E-state index contributed by atoms with van der Waals surface area (Å²) in [6.07, 6.45) is -1.31. The third kappa shape index (κ3) is 7.59. The van der Waals surface area contributed by atoms with Gasteiger partial charge in [0.2, 0.25) is 0 Å². The second kappa shape index (κ2) is 8.92. The third-order valence-electron chi connectivity index (χ3n) is 3.85. The summed E-state index contributed by atoms with van der Waals surface area (Å²) in [5, 5.41) is 15.6. The van der Waals surface area contributed by atoms with E-state index >= 15 is 0 Å². The Labute approximate surface area is 172 Å². The molecule has 0 atom stereocenters. The quantitative estimate of drug-likeness (QED) is 0.322. The van der Waals surface area contributed by atoms with Crippen LogP contribution < -0.4 is 4.74 Å². The molecule has 0 amide bonds. The molecular formula is C18H23F2O9S-. The number of carbonyl (C=O) groups is 2.